The number of ether oxygens (including phenoxy) is 1. The van der Waals surface area contributed by atoms with Gasteiger partial charge < -0.3 is 4.74 Å². The highest BCUT2D eigenvalue weighted by Gasteiger charge is 2.12. The van der Waals surface area contributed by atoms with E-state index in [2.05, 4.69) is 0 Å². The van der Waals surface area contributed by atoms with Crippen LogP contribution in [0.4, 0.5) is 10.1 Å². The molecule has 0 radical (unpaired) electrons. The summed E-state index contributed by atoms with van der Waals surface area (Å²) < 4.78 is 18.3. The minimum Gasteiger partial charge on any atom is -0.456 e. The van der Waals surface area contributed by atoms with Crippen molar-refractivity contribution in [1.82, 2.24) is 0 Å². The fourth-order valence-corrected chi connectivity index (χ4v) is 1.47. The molecule has 0 N–H and O–H groups in total. The van der Waals surface area contributed by atoms with Gasteiger partial charge in [-0.2, -0.15) is 5.26 Å². The van der Waals surface area contributed by atoms with Crippen LogP contribution in [0.15, 0.2) is 42.5 Å². The van der Waals surface area contributed by atoms with E-state index < -0.39 is 10.7 Å². The molecule has 2 aromatic rings. The zero-order valence-corrected chi connectivity index (χ0v) is 9.54. The van der Waals surface area contributed by atoms with Crippen LogP contribution in [-0.4, -0.2) is 4.92 Å². The SMILES string of the molecule is N#Cc1cc([N+](=O)[O-])ccc1Oc1cccc(F)c1. The van der Waals surface area contributed by atoms with Crippen LogP contribution in [0.5, 0.6) is 11.5 Å². The van der Waals surface area contributed by atoms with Gasteiger partial charge in [0.2, 0.25) is 0 Å². The van der Waals surface area contributed by atoms with Crippen molar-refractivity contribution in [3.8, 4) is 17.6 Å². The van der Waals surface area contributed by atoms with Crippen molar-refractivity contribution in [2.75, 3.05) is 0 Å². The van der Waals surface area contributed by atoms with Crippen molar-refractivity contribution in [2.45, 2.75) is 0 Å². The molecular formula is C13H7FN2O3. The Morgan fingerprint density at radius 1 is 1.26 bits per heavy atom. The highest BCUT2D eigenvalue weighted by Crippen LogP contribution is 2.28. The number of halogens is 1. The summed E-state index contributed by atoms with van der Waals surface area (Å²) in [5, 5.41) is 19.5. The minimum absolute atomic E-state index is 0.0125. The van der Waals surface area contributed by atoms with Gasteiger partial charge in [0.1, 0.15) is 28.9 Å². The van der Waals surface area contributed by atoms with Gasteiger partial charge in [-0.1, -0.05) is 6.07 Å². The van der Waals surface area contributed by atoms with E-state index in [4.69, 9.17) is 10.00 Å². The average Bonchev–Trinajstić information content (AvgIpc) is 2.39. The van der Waals surface area contributed by atoms with E-state index in [0.29, 0.717) is 0 Å². The molecule has 6 heteroatoms. The molecule has 2 aromatic carbocycles. The Labute approximate surface area is 107 Å². The second-order valence-electron chi connectivity index (χ2n) is 3.61. The number of nitro benzene ring substituents is 1. The fourth-order valence-electron chi connectivity index (χ4n) is 1.47. The first-order valence-electron chi connectivity index (χ1n) is 5.22. The molecule has 0 bridgehead atoms. The number of nitro groups is 1. The van der Waals surface area contributed by atoms with Crippen LogP contribution >= 0.6 is 0 Å². The highest BCUT2D eigenvalue weighted by atomic mass is 19.1. The second kappa shape index (κ2) is 5.14. The van der Waals surface area contributed by atoms with Crippen LogP contribution in [0.2, 0.25) is 0 Å². The van der Waals surface area contributed by atoms with Gasteiger partial charge in [-0.15, -0.1) is 0 Å². The number of nitrogens with zero attached hydrogens (tertiary/aromatic N) is 2. The molecule has 0 aliphatic carbocycles. The van der Waals surface area contributed by atoms with Gasteiger partial charge in [-0.3, -0.25) is 10.1 Å². The third-order valence-corrected chi connectivity index (χ3v) is 2.32. The molecule has 0 aliphatic heterocycles. The Morgan fingerprint density at radius 3 is 2.68 bits per heavy atom. The lowest BCUT2D eigenvalue weighted by Crippen LogP contribution is -1.92. The van der Waals surface area contributed by atoms with Gasteiger partial charge in [0.15, 0.2) is 0 Å². The maximum Gasteiger partial charge on any atom is 0.271 e. The molecule has 0 heterocycles. The van der Waals surface area contributed by atoms with Crippen molar-refractivity contribution in [3.63, 3.8) is 0 Å². The Morgan fingerprint density at radius 2 is 2.05 bits per heavy atom. The number of nitriles is 1. The summed E-state index contributed by atoms with van der Waals surface area (Å²) in [6.07, 6.45) is 0. The van der Waals surface area contributed by atoms with Crippen LogP contribution in [0.25, 0.3) is 0 Å². The zero-order chi connectivity index (χ0) is 13.8. The van der Waals surface area contributed by atoms with Gasteiger partial charge >= 0.3 is 0 Å². The highest BCUT2D eigenvalue weighted by molar-refractivity contribution is 5.51. The lowest BCUT2D eigenvalue weighted by Gasteiger charge is -2.07. The van der Waals surface area contributed by atoms with E-state index in [0.717, 1.165) is 12.1 Å². The molecule has 19 heavy (non-hydrogen) atoms. The first-order valence-corrected chi connectivity index (χ1v) is 5.22. The summed E-state index contributed by atoms with van der Waals surface area (Å²) in [6.45, 7) is 0. The molecule has 0 atom stereocenters. The fraction of sp³-hybridized carbons (Fsp3) is 0. The molecule has 0 saturated heterocycles. The summed E-state index contributed by atoms with van der Waals surface area (Å²) in [7, 11) is 0. The van der Waals surface area contributed by atoms with E-state index in [1.54, 1.807) is 6.07 Å². The summed E-state index contributed by atoms with van der Waals surface area (Å²) in [5.74, 6) is -0.123. The van der Waals surface area contributed by atoms with Crippen molar-refractivity contribution in [2.24, 2.45) is 0 Å². The molecule has 94 valence electrons. The minimum atomic E-state index is -0.604. The normalized spacial score (nSPS) is 9.68. The summed E-state index contributed by atoms with van der Waals surface area (Å²) in [5.41, 5.74) is -0.193. The van der Waals surface area contributed by atoms with Gasteiger partial charge in [-0.05, 0) is 18.2 Å². The first kappa shape index (κ1) is 12.5. The molecule has 5 nitrogen and oxygen atoms in total. The van der Waals surface area contributed by atoms with E-state index in [1.165, 1.54) is 30.3 Å². The number of non-ortho nitro benzene ring substituents is 1. The topological polar surface area (TPSA) is 76.2 Å². The van der Waals surface area contributed by atoms with Crippen LogP contribution in [0, 0.1) is 27.3 Å². The zero-order valence-electron chi connectivity index (χ0n) is 9.54. The molecule has 0 aliphatic rings. The molecule has 0 amide bonds. The maximum absolute atomic E-state index is 13.0. The third-order valence-electron chi connectivity index (χ3n) is 2.32. The molecule has 0 fully saturated rings. The quantitative estimate of drug-likeness (QED) is 0.624. The number of hydrogen-bond donors (Lipinski definition) is 0. The van der Waals surface area contributed by atoms with Crippen LogP contribution < -0.4 is 4.74 Å². The van der Waals surface area contributed by atoms with Crippen molar-refractivity contribution in [1.29, 1.82) is 5.26 Å². The summed E-state index contributed by atoms with van der Waals surface area (Å²) in [6, 6.07) is 10.8. The largest absolute Gasteiger partial charge is 0.456 e. The number of rotatable bonds is 3. The van der Waals surface area contributed by atoms with Crippen molar-refractivity contribution >= 4 is 5.69 Å². The van der Waals surface area contributed by atoms with E-state index >= 15 is 0 Å². The van der Waals surface area contributed by atoms with Gasteiger partial charge in [-0.25, -0.2) is 4.39 Å². The van der Waals surface area contributed by atoms with Crippen LogP contribution in [-0.2, 0) is 0 Å². The lowest BCUT2D eigenvalue weighted by molar-refractivity contribution is -0.384. The predicted molar refractivity (Wildman–Crippen MR) is 64.3 cm³/mol. The van der Waals surface area contributed by atoms with Crippen molar-refractivity contribution < 1.29 is 14.1 Å². The maximum atomic E-state index is 13.0. The predicted octanol–water partition coefficient (Wildman–Crippen LogP) is 3.40. The Balaban J connectivity index is 2.36. The monoisotopic (exact) mass is 258 g/mol. The van der Waals surface area contributed by atoms with Crippen LogP contribution in [0.3, 0.4) is 0 Å². The van der Waals surface area contributed by atoms with E-state index in [1.807, 2.05) is 0 Å². The number of hydrogen-bond acceptors (Lipinski definition) is 4. The molecule has 0 unspecified atom stereocenters. The van der Waals surface area contributed by atoms with E-state index in [-0.39, 0.29) is 22.7 Å². The molecule has 2 rings (SSSR count). The lowest BCUT2D eigenvalue weighted by atomic mass is 10.2. The molecule has 0 aromatic heterocycles. The van der Waals surface area contributed by atoms with Crippen molar-refractivity contribution in [3.05, 3.63) is 64.0 Å². The summed E-state index contributed by atoms with van der Waals surface area (Å²) >= 11 is 0. The van der Waals surface area contributed by atoms with Gasteiger partial charge in [0, 0.05) is 18.2 Å². The molecule has 0 spiro atoms. The molecule has 0 saturated carbocycles. The van der Waals surface area contributed by atoms with E-state index in [9.17, 15) is 14.5 Å². The number of benzene rings is 2. The standard InChI is InChI=1S/C13H7FN2O3/c14-10-2-1-3-12(7-10)19-13-5-4-11(16(17)18)6-9(13)8-15/h1-7H. The Bertz CT molecular complexity index is 680. The Kier molecular flexibility index (Phi) is 3.39. The third kappa shape index (κ3) is 2.84. The molecular weight excluding hydrogens is 251 g/mol. The first-order chi connectivity index (χ1) is 9.10. The van der Waals surface area contributed by atoms with Crippen LogP contribution in [0.1, 0.15) is 5.56 Å². The Hall–Kier alpha value is -2.94. The van der Waals surface area contributed by atoms with Gasteiger partial charge in [0.25, 0.3) is 5.69 Å². The second-order valence-corrected chi connectivity index (χ2v) is 3.61. The average molecular weight is 258 g/mol. The smallest absolute Gasteiger partial charge is 0.271 e. The summed E-state index contributed by atoms with van der Waals surface area (Å²) in [4.78, 5) is 9.98. The van der Waals surface area contributed by atoms with Gasteiger partial charge in [0.05, 0.1) is 4.92 Å².